The molecule has 0 unspecified atom stereocenters. The van der Waals surface area contributed by atoms with E-state index in [0.29, 0.717) is 0 Å². The predicted octanol–water partition coefficient (Wildman–Crippen LogP) is 6.64. The van der Waals surface area contributed by atoms with Crippen LogP contribution in [0.2, 0.25) is 0 Å². The molecule has 7 nitrogen and oxygen atoms in total. The van der Waals surface area contributed by atoms with Gasteiger partial charge < -0.3 is 5.48 Å². The van der Waals surface area contributed by atoms with Gasteiger partial charge in [-0.25, -0.2) is 0 Å². The summed E-state index contributed by atoms with van der Waals surface area (Å²) in [5.74, 6) is 0. The van der Waals surface area contributed by atoms with Gasteiger partial charge >= 0.3 is 2.27 Å². The van der Waals surface area contributed by atoms with Crippen LogP contribution in [-0.2, 0) is 0 Å². The fourth-order valence-electron chi connectivity index (χ4n) is 0. The van der Waals surface area contributed by atoms with Crippen molar-refractivity contribution < 1.29 is 15.3 Å². The third kappa shape index (κ3) is 123. The molecule has 20 heavy (non-hydrogen) atoms. The zero-order chi connectivity index (χ0) is 11.7. The third-order valence-electron chi connectivity index (χ3n) is 0.207. The average Bonchev–Trinajstić information content (AvgIpc) is 1.88. The van der Waals surface area contributed by atoms with Crippen LogP contribution >= 0.6 is 76.0 Å². The maximum absolute atomic E-state index is 9.69. The minimum Gasteiger partial charge on any atom is -0.412 e. The summed E-state index contributed by atoms with van der Waals surface area (Å²) in [5, 5.41) is 18.5. The molecular formula is C8H29Br5N2O5. The molecule has 0 aromatic rings. The van der Waals surface area contributed by atoms with Gasteiger partial charge in [0.2, 0.25) is 0 Å². The predicted molar refractivity (Wildman–Crippen MR) is 111 cm³/mol. The van der Waals surface area contributed by atoms with E-state index in [0.717, 1.165) is 7.05 Å². The highest BCUT2D eigenvalue weighted by Gasteiger charge is 2.30. The Morgan fingerprint density at radius 2 is 0.850 bits per heavy atom. The Balaban J connectivity index is -0.00000000881. The molecular weight excluding hydrogens is 604 g/mol. The minimum absolute atomic E-state index is 0. The largest absolute Gasteiger partial charge is 0.412 e. The molecule has 136 valence electrons. The second-order valence-corrected chi connectivity index (χ2v) is 7.80. The molecule has 12 heteroatoms. The first-order chi connectivity index (χ1) is 5.68. The van der Waals surface area contributed by atoms with Crippen LogP contribution < -0.4 is 0 Å². The van der Waals surface area contributed by atoms with E-state index < -0.39 is 12.1 Å². The molecule has 0 saturated heterocycles. The number of hydrogen-bond donors (Lipinski definition) is 0. The third-order valence-corrected chi connectivity index (χ3v) is 1.08. The van der Waals surface area contributed by atoms with Crippen molar-refractivity contribution in [3.05, 3.63) is 20.2 Å². The summed E-state index contributed by atoms with van der Waals surface area (Å²) in [6.07, 6.45) is 0. The van der Waals surface area contributed by atoms with Gasteiger partial charge in [-0.1, -0.05) is 44.6 Å². The lowest BCUT2D eigenvalue weighted by Gasteiger charge is -1.98. The first-order valence-electron chi connectivity index (χ1n) is 2.11. The molecule has 0 bridgehead atoms. The minimum atomic E-state index is -1.34. The van der Waals surface area contributed by atoms with E-state index in [2.05, 4.69) is 76.0 Å². The molecule has 0 aromatic heterocycles. The Hall–Kier alpha value is 1.16. The molecule has 0 amide bonds. The van der Waals surface area contributed by atoms with Crippen LogP contribution in [0.3, 0.4) is 0 Å². The van der Waals surface area contributed by atoms with E-state index in [1.54, 1.807) is 0 Å². The van der Waals surface area contributed by atoms with E-state index in [9.17, 15) is 10.1 Å². The summed E-state index contributed by atoms with van der Waals surface area (Å²) >= 11 is 13.5. The molecule has 0 atom stereocenters. The molecule has 0 aromatic carbocycles. The van der Waals surface area contributed by atoms with Crippen molar-refractivity contribution in [2.24, 2.45) is 0 Å². The fourth-order valence-corrected chi connectivity index (χ4v) is 0. The van der Waals surface area contributed by atoms with Crippen LogP contribution in [0.5, 0.6) is 0 Å². The standard InChI is InChI=1S/CBr3NO2.CH3NO2.6CH4.Br2.H2O/c2-1(3,4)5(6)7;1-2(3)4;;;;;;;1-2;/h;1H3;6*1H4;;1H2. The smallest absolute Gasteiger partial charge is 0.379 e. The maximum Gasteiger partial charge on any atom is 0.379 e. The molecule has 0 radical (unpaired) electrons. The summed E-state index contributed by atoms with van der Waals surface area (Å²) in [4.78, 5) is 17.4. The van der Waals surface area contributed by atoms with Crippen LogP contribution in [0.15, 0.2) is 0 Å². The van der Waals surface area contributed by atoms with Gasteiger partial charge in [0.15, 0.2) is 7.05 Å². The van der Waals surface area contributed by atoms with Crippen LogP contribution in [0, 0.1) is 20.2 Å². The Bertz CT molecular complexity index is 166. The van der Waals surface area contributed by atoms with Crippen molar-refractivity contribution >= 4 is 76.0 Å². The molecule has 0 fully saturated rings. The molecule has 0 heterocycles. The molecule has 0 aliphatic carbocycles. The number of nitrogens with zero attached hydrogens (tertiary/aromatic N) is 2. The van der Waals surface area contributed by atoms with Gasteiger partial charge in [0.05, 0.1) is 4.92 Å². The number of halogens is 5. The summed E-state index contributed by atoms with van der Waals surface area (Å²) < 4.78 is -1.34. The maximum atomic E-state index is 9.69. The van der Waals surface area contributed by atoms with E-state index >= 15 is 0 Å². The van der Waals surface area contributed by atoms with Gasteiger partial charge in [0.25, 0.3) is 0 Å². The molecule has 0 aliphatic heterocycles. The second kappa shape index (κ2) is 42.7. The average molecular weight is 633 g/mol. The lowest BCUT2D eigenvalue weighted by Crippen LogP contribution is -2.13. The number of alkyl halides is 3. The zero-order valence-corrected chi connectivity index (χ0v) is 14.3. The second-order valence-electron chi connectivity index (χ2n) is 1.16. The molecule has 0 spiro atoms. The van der Waals surface area contributed by atoms with Crippen molar-refractivity contribution in [2.75, 3.05) is 7.05 Å². The Labute approximate surface area is 164 Å². The fraction of sp³-hybridized carbons (Fsp3) is 1.00. The van der Waals surface area contributed by atoms with Crippen molar-refractivity contribution in [1.82, 2.24) is 0 Å². The summed E-state index contributed by atoms with van der Waals surface area (Å²) in [5.41, 5.74) is 0. The summed E-state index contributed by atoms with van der Waals surface area (Å²) in [7, 11) is 0.889. The Morgan fingerprint density at radius 1 is 0.800 bits per heavy atom. The van der Waals surface area contributed by atoms with Gasteiger partial charge in [-0.05, 0) is 0 Å². The molecule has 0 saturated carbocycles. The first kappa shape index (κ1) is 69.1. The van der Waals surface area contributed by atoms with Gasteiger partial charge in [0, 0.05) is 81.0 Å². The summed E-state index contributed by atoms with van der Waals surface area (Å²) in [6, 6.07) is 0. The highest BCUT2D eigenvalue weighted by Crippen LogP contribution is 2.33. The van der Waals surface area contributed by atoms with Crippen molar-refractivity contribution in [3.8, 4) is 0 Å². The lowest BCUT2D eigenvalue weighted by atomic mass is 11.5. The molecule has 0 aliphatic rings. The molecule has 2 N–H and O–H groups in total. The monoisotopic (exact) mass is 628 g/mol. The highest BCUT2D eigenvalue weighted by molar-refractivity contribution is 9.93. The van der Waals surface area contributed by atoms with E-state index in [4.69, 9.17) is 10.1 Å². The molecule has 0 rings (SSSR count). The van der Waals surface area contributed by atoms with Crippen LogP contribution in [0.25, 0.3) is 0 Å². The lowest BCUT2D eigenvalue weighted by molar-refractivity contribution is -0.476. The van der Waals surface area contributed by atoms with Crippen LogP contribution in [-0.4, -0.2) is 24.6 Å². The zero-order valence-electron chi connectivity index (χ0n) is 6.42. The quantitative estimate of drug-likeness (QED) is 0.129. The van der Waals surface area contributed by atoms with Gasteiger partial charge in [-0.15, -0.1) is 0 Å². The van der Waals surface area contributed by atoms with Crippen LogP contribution in [0.4, 0.5) is 0 Å². The van der Waals surface area contributed by atoms with Gasteiger partial charge in [0.1, 0.15) is 0 Å². The van der Waals surface area contributed by atoms with Crippen molar-refractivity contribution in [2.45, 2.75) is 46.8 Å². The Morgan fingerprint density at radius 3 is 0.850 bits per heavy atom. The number of hydrogen-bond acceptors (Lipinski definition) is 4. The summed E-state index contributed by atoms with van der Waals surface area (Å²) in [6.45, 7) is 0. The van der Waals surface area contributed by atoms with Gasteiger partial charge in [-0.2, -0.15) is 0 Å². The number of nitro groups is 2. The van der Waals surface area contributed by atoms with E-state index in [-0.39, 0.29) is 50.0 Å². The van der Waals surface area contributed by atoms with E-state index in [1.165, 1.54) is 0 Å². The van der Waals surface area contributed by atoms with Crippen molar-refractivity contribution in [1.29, 1.82) is 0 Å². The van der Waals surface area contributed by atoms with E-state index in [1.807, 2.05) is 0 Å². The highest BCUT2D eigenvalue weighted by atomic mass is 80.9. The van der Waals surface area contributed by atoms with Gasteiger partial charge in [-0.3, -0.25) is 20.2 Å². The Kier molecular flexibility index (Phi) is 148. The van der Waals surface area contributed by atoms with Crippen molar-refractivity contribution in [3.63, 3.8) is 0 Å². The van der Waals surface area contributed by atoms with Crippen LogP contribution in [0.1, 0.15) is 44.6 Å². The SMILES string of the molecule is BrBr.C.C.C.C.C.C.C[N+](=O)[O-].O.O=[N+]([O-])C(Br)(Br)Br. The normalized spacial score (nSPS) is 5.50. The first-order valence-corrected chi connectivity index (χ1v) is 8.20. The number of rotatable bonds is 0. The topological polar surface area (TPSA) is 118 Å².